The van der Waals surface area contributed by atoms with Crippen LogP contribution in [0.25, 0.3) is 0 Å². The molecule has 1 heterocycles. The average molecular weight is 310 g/mol. The lowest BCUT2D eigenvalue weighted by atomic mass is 10.1. The summed E-state index contributed by atoms with van der Waals surface area (Å²) in [5.74, 6) is -1.51. The van der Waals surface area contributed by atoms with Crippen molar-refractivity contribution < 1.29 is 29.1 Å². The summed E-state index contributed by atoms with van der Waals surface area (Å²) < 4.78 is 10.1. The van der Waals surface area contributed by atoms with Gasteiger partial charge in [-0.25, -0.2) is 4.79 Å². The highest BCUT2D eigenvalue weighted by atomic mass is 16.6. The molecule has 0 spiro atoms. The third-order valence-corrected chi connectivity index (χ3v) is 3.25. The number of nitro groups is 1. The molecule has 1 aliphatic rings. The van der Waals surface area contributed by atoms with E-state index in [0.717, 1.165) is 6.07 Å². The molecule has 2 rings (SSSR count). The maximum Gasteiger partial charge on any atom is 0.334 e. The smallest absolute Gasteiger partial charge is 0.334 e. The first-order valence-corrected chi connectivity index (χ1v) is 6.40. The number of amides is 1. The molecule has 118 valence electrons. The SMILES string of the molecule is COc1ccc([N+](=O)[O-])cc1C(=O)N1CCOC(C(=O)O)C1. The number of morpholine rings is 1. The van der Waals surface area contributed by atoms with Crippen molar-refractivity contribution >= 4 is 17.6 Å². The topological polar surface area (TPSA) is 119 Å². The van der Waals surface area contributed by atoms with E-state index in [1.807, 2.05) is 0 Å². The second kappa shape index (κ2) is 6.39. The number of non-ortho nitro benzene ring substituents is 1. The van der Waals surface area contributed by atoms with Gasteiger partial charge in [-0.1, -0.05) is 0 Å². The third kappa shape index (κ3) is 3.14. The second-order valence-electron chi connectivity index (χ2n) is 4.59. The van der Waals surface area contributed by atoms with E-state index in [-0.39, 0.29) is 36.7 Å². The molecule has 0 aromatic heterocycles. The number of hydrogen-bond donors (Lipinski definition) is 1. The normalized spacial score (nSPS) is 17.9. The van der Waals surface area contributed by atoms with Crippen molar-refractivity contribution in [3.63, 3.8) is 0 Å². The lowest BCUT2D eigenvalue weighted by Gasteiger charge is -2.31. The van der Waals surface area contributed by atoms with E-state index in [1.165, 1.54) is 24.1 Å². The lowest BCUT2D eigenvalue weighted by molar-refractivity contribution is -0.384. The molecule has 22 heavy (non-hydrogen) atoms. The van der Waals surface area contributed by atoms with Crippen molar-refractivity contribution in [1.82, 2.24) is 4.90 Å². The zero-order valence-electron chi connectivity index (χ0n) is 11.7. The average Bonchev–Trinajstić information content (AvgIpc) is 2.53. The standard InChI is InChI=1S/C13H14N2O7/c1-21-10-3-2-8(15(19)20)6-9(10)12(16)14-4-5-22-11(7-14)13(17)18/h2-3,6,11H,4-5,7H2,1H3,(H,17,18). The molecule has 0 radical (unpaired) electrons. The van der Waals surface area contributed by atoms with Gasteiger partial charge in [-0.05, 0) is 6.07 Å². The summed E-state index contributed by atoms with van der Waals surface area (Å²) in [4.78, 5) is 34.9. The number of methoxy groups -OCH3 is 1. The van der Waals surface area contributed by atoms with Crippen LogP contribution in [0.5, 0.6) is 5.75 Å². The molecule has 1 atom stereocenters. The van der Waals surface area contributed by atoms with Crippen LogP contribution in [-0.2, 0) is 9.53 Å². The quantitative estimate of drug-likeness (QED) is 0.636. The number of nitro benzene ring substituents is 1. The van der Waals surface area contributed by atoms with E-state index >= 15 is 0 Å². The van der Waals surface area contributed by atoms with E-state index < -0.39 is 22.9 Å². The summed E-state index contributed by atoms with van der Waals surface area (Å²) in [5, 5.41) is 19.8. The van der Waals surface area contributed by atoms with Crippen molar-refractivity contribution in [3.05, 3.63) is 33.9 Å². The Morgan fingerprint density at radius 1 is 1.50 bits per heavy atom. The molecule has 1 saturated heterocycles. The molecule has 1 aliphatic heterocycles. The summed E-state index contributed by atoms with van der Waals surface area (Å²) in [7, 11) is 1.34. The first-order chi connectivity index (χ1) is 10.4. The van der Waals surface area contributed by atoms with Gasteiger partial charge in [-0.2, -0.15) is 0 Å². The van der Waals surface area contributed by atoms with Crippen LogP contribution in [0.1, 0.15) is 10.4 Å². The molecule has 1 fully saturated rings. The van der Waals surface area contributed by atoms with Gasteiger partial charge in [-0.15, -0.1) is 0 Å². The van der Waals surface area contributed by atoms with Crippen molar-refractivity contribution in [1.29, 1.82) is 0 Å². The molecule has 1 aromatic rings. The lowest BCUT2D eigenvalue weighted by Crippen LogP contribution is -2.48. The fourth-order valence-electron chi connectivity index (χ4n) is 2.13. The molecule has 0 saturated carbocycles. The van der Waals surface area contributed by atoms with E-state index in [1.54, 1.807) is 0 Å². The number of carbonyl (C=O) groups is 2. The summed E-state index contributed by atoms with van der Waals surface area (Å²) in [5.41, 5.74) is -0.227. The second-order valence-corrected chi connectivity index (χ2v) is 4.59. The number of ether oxygens (including phenoxy) is 2. The third-order valence-electron chi connectivity index (χ3n) is 3.25. The van der Waals surface area contributed by atoms with Gasteiger partial charge in [0.1, 0.15) is 5.75 Å². The Labute approximate surface area is 125 Å². The minimum atomic E-state index is -1.16. The van der Waals surface area contributed by atoms with Crippen molar-refractivity contribution in [3.8, 4) is 5.75 Å². The van der Waals surface area contributed by atoms with E-state index in [0.29, 0.717) is 0 Å². The predicted molar refractivity (Wildman–Crippen MR) is 72.9 cm³/mol. The zero-order chi connectivity index (χ0) is 16.3. The molecule has 9 nitrogen and oxygen atoms in total. The predicted octanol–water partition coefficient (Wildman–Crippen LogP) is 0.529. The minimum Gasteiger partial charge on any atom is -0.496 e. The van der Waals surface area contributed by atoms with Crippen LogP contribution in [0.15, 0.2) is 18.2 Å². The summed E-state index contributed by atoms with van der Waals surface area (Å²) in [6.45, 7) is 0.161. The Balaban J connectivity index is 2.29. The van der Waals surface area contributed by atoms with Crippen LogP contribution in [0.3, 0.4) is 0 Å². The van der Waals surface area contributed by atoms with Crippen LogP contribution in [0.2, 0.25) is 0 Å². The molecule has 1 amide bonds. The van der Waals surface area contributed by atoms with Crippen LogP contribution in [0.4, 0.5) is 5.69 Å². The van der Waals surface area contributed by atoms with Crippen molar-refractivity contribution in [2.75, 3.05) is 26.8 Å². The monoisotopic (exact) mass is 310 g/mol. The molecule has 1 aromatic carbocycles. The van der Waals surface area contributed by atoms with Crippen LogP contribution >= 0.6 is 0 Å². The van der Waals surface area contributed by atoms with Gasteiger partial charge >= 0.3 is 5.97 Å². The molecule has 0 bridgehead atoms. The molecular weight excluding hydrogens is 296 g/mol. The Bertz CT molecular complexity index is 616. The number of benzene rings is 1. The molecule has 1 N–H and O–H groups in total. The highest BCUT2D eigenvalue weighted by molar-refractivity contribution is 5.98. The summed E-state index contributed by atoms with van der Waals surface area (Å²) >= 11 is 0. The highest BCUT2D eigenvalue weighted by Crippen LogP contribution is 2.26. The van der Waals surface area contributed by atoms with Gasteiger partial charge in [0, 0.05) is 18.7 Å². The molecule has 1 unspecified atom stereocenters. The summed E-state index contributed by atoms with van der Waals surface area (Å²) in [6, 6.07) is 3.68. The molecular formula is C13H14N2O7. The van der Waals surface area contributed by atoms with Crippen LogP contribution < -0.4 is 4.74 Å². The minimum absolute atomic E-state index is 0.0164. The van der Waals surface area contributed by atoms with Gasteiger partial charge < -0.3 is 19.5 Å². The number of hydrogen-bond acceptors (Lipinski definition) is 6. The number of rotatable bonds is 4. The maximum atomic E-state index is 12.5. The number of carboxylic acids is 1. The Kier molecular flexibility index (Phi) is 4.56. The van der Waals surface area contributed by atoms with E-state index in [2.05, 4.69) is 0 Å². The highest BCUT2D eigenvalue weighted by Gasteiger charge is 2.31. The number of carbonyl (C=O) groups excluding carboxylic acids is 1. The Morgan fingerprint density at radius 3 is 2.82 bits per heavy atom. The Hall–Kier alpha value is -2.68. The molecule has 9 heteroatoms. The van der Waals surface area contributed by atoms with Gasteiger partial charge in [-0.3, -0.25) is 14.9 Å². The van der Waals surface area contributed by atoms with Crippen molar-refractivity contribution in [2.45, 2.75) is 6.10 Å². The fourth-order valence-corrected chi connectivity index (χ4v) is 2.13. The first kappa shape index (κ1) is 15.7. The number of aliphatic carboxylic acids is 1. The first-order valence-electron chi connectivity index (χ1n) is 6.40. The van der Waals surface area contributed by atoms with Crippen LogP contribution in [-0.4, -0.2) is 59.7 Å². The van der Waals surface area contributed by atoms with Gasteiger partial charge in [0.2, 0.25) is 0 Å². The summed E-state index contributed by atoms with van der Waals surface area (Å²) in [6.07, 6.45) is -1.11. The van der Waals surface area contributed by atoms with Gasteiger partial charge in [0.15, 0.2) is 6.10 Å². The van der Waals surface area contributed by atoms with Crippen LogP contribution in [0, 0.1) is 10.1 Å². The number of nitrogens with zero attached hydrogens (tertiary/aromatic N) is 2. The van der Waals surface area contributed by atoms with E-state index in [9.17, 15) is 19.7 Å². The fraction of sp³-hybridized carbons (Fsp3) is 0.385. The van der Waals surface area contributed by atoms with Gasteiger partial charge in [0.25, 0.3) is 11.6 Å². The van der Waals surface area contributed by atoms with Gasteiger partial charge in [0.05, 0.1) is 30.7 Å². The number of carboxylic acid groups (broad SMARTS) is 1. The maximum absolute atomic E-state index is 12.5. The largest absolute Gasteiger partial charge is 0.496 e. The Morgan fingerprint density at radius 2 is 2.23 bits per heavy atom. The zero-order valence-corrected chi connectivity index (χ0v) is 11.7. The molecule has 0 aliphatic carbocycles. The van der Waals surface area contributed by atoms with Crippen molar-refractivity contribution in [2.24, 2.45) is 0 Å². The van der Waals surface area contributed by atoms with E-state index in [4.69, 9.17) is 14.6 Å².